The van der Waals surface area contributed by atoms with E-state index >= 15 is 0 Å². The quantitative estimate of drug-likeness (QED) is 0.618. The Hall–Kier alpha value is -3.24. The number of nitrogens with one attached hydrogen (secondary N) is 1. The fraction of sp³-hybridized carbons (Fsp3) is 0.105. The molecule has 146 valence electrons. The summed E-state index contributed by atoms with van der Waals surface area (Å²) in [6.07, 6.45) is 5.86. The summed E-state index contributed by atoms with van der Waals surface area (Å²) in [7, 11) is -5.14. The first-order chi connectivity index (χ1) is 13.8. The predicted octanol–water partition coefficient (Wildman–Crippen LogP) is 0.713. The van der Waals surface area contributed by atoms with Crippen molar-refractivity contribution in [2.45, 2.75) is 6.42 Å². The van der Waals surface area contributed by atoms with E-state index in [9.17, 15) is 18.2 Å². The Kier molecular flexibility index (Phi) is 4.81. The summed E-state index contributed by atoms with van der Waals surface area (Å²) in [5.41, 5.74) is 2.30. The van der Waals surface area contributed by atoms with Gasteiger partial charge in [0.15, 0.2) is 0 Å². The van der Waals surface area contributed by atoms with Crippen LogP contribution in [0.25, 0.3) is 10.8 Å². The van der Waals surface area contributed by atoms with Gasteiger partial charge < -0.3 is 10.3 Å². The highest BCUT2D eigenvalue weighted by Gasteiger charge is 2.35. The van der Waals surface area contributed by atoms with E-state index in [0.717, 1.165) is 17.0 Å². The number of aromatic nitrogens is 1. The number of nitrogens with zero attached hydrogens (tertiary/aromatic N) is 3. The highest BCUT2D eigenvalue weighted by atomic mass is 32.2. The number of rotatable bonds is 4. The summed E-state index contributed by atoms with van der Waals surface area (Å²) < 4.78 is 24.1. The number of amides is 1. The molecule has 0 radical (unpaired) electrons. The minimum Gasteiger partial charge on any atom is -0.427 e. The van der Waals surface area contributed by atoms with Crippen LogP contribution >= 0.6 is 0 Å². The molecule has 0 bridgehead atoms. The molecule has 4 rings (SSSR count). The van der Waals surface area contributed by atoms with Gasteiger partial charge in [-0.3, -0.25) is 9.78 Å². The van der Waals surface area contributed by atoms with Crippen molar-refractivity contribution in [1.29, 1.82) is 0 Å². The zero-order valence-corrected chi connectivity index (χ0v) is 16.3. The van der Waals surface area contributed by atoms with Gasteiger partial charge in [0, 0.05) is 23.5 Å². The first-order valence-corrected chi connectivity index (χ1v) is 10.6. The second-order valence-electron chi connectivity index (χ2n) is 6.78. The molecule has 2 heterocycles. The number of fused-ring (bicyclic) bond motifs is 2. The number of carbonyl (C=O) groups excluding carboxylic acids is 1. The van der Waals surface area contributed by atoms with E-state index in [1.165, 1.54) is 6.21 Å². The molecule has 0 atom stereocenters. The van der Waals surface area contributed by atoms with Crippen molar-refractivity contribution in [1.82, 2.24) is 9.31 Å². The summed E-state index contributed by atoms with van der Waals surface area (Å²) in [5.74, 6) is -0.225. The summed E-state index contributed by atoms with van der Waals surface area (Å²) in [6, 6.07) is 12.5. The van der Waals surface area contributed by atoms with Crippen LogP contribution in [0.5, 0.6) is 0 Å². The van der Waals surface area contributed by atoms with Crippen molar-refractivity contribution in [2.24, 2.45) is 5.10 Å². The molecule has 29 heavy (non-hydrogen) atoms. The Bertz CT molecular complexity index is 1250. The molecule has 2 N–H and O–H groups in total. The smallest absolute Gasteiger partial charge is 0.427 e. The number of pyridine rings is 1. The molecule has 10 heteroatoms. The van der Waals surface area contributed by atoms with Crippen LogP contribution in [0.3, 0.4) is 0 Å². The van der Waals surface area contributed by atoms with Crippen LogP contribution in [0.2, 0.25) is 0 Å². The highest BCUT2D eigenvalue weighted by molar-refractivity contribution is 7.89. The van der Waals surface area contributed by atoms with Gasteiger partial charge in [0.2, 0.25) is 15.9 Å². The standard InChI is InChI=1S/C19H17BN4O4S/c1-29(27,28)24-20(26)18-8-13(2-3-16(18)12-22-24)9-19(25)23-17-5-4-15-11-21-7-6-14(15)10-17/h2-8,10-12,26H,9H2,1H3,(H,23,25). The fourth-order valence-electron chi connectivity index (χ4n) is 3.20. The molecule has 0 unspecified atom stereocenters. The minimum atomic E-state index is -3.71. The summed E-state index contributed by atoms with van der Waals surface area (Å²) in [6.45, 7) is 0. The molecule has 0 saturated carbocycles. The SMILES string of the molecule is CS(=O)(=O)N1N=Cc2ccc(CC(=O)Nc3ccc4cnccc4c3)cc2B1O. The van der Waals surface area contributed by atoms with E-state index in [-0.39, 0.29) is 12.3 Å². The van der Waals surface area contributed by atoms with Crippen molar-refractivity contribution in [3.8, 4) is 0 Å². The molecule has 8 nitrogen and oxygen atoms in total. The third kappa shape index (κ3) is 3.98. The molecular formula is C19H17BN4O4S. The minimum absolute atomic E-state index is 0.0738. The number of hydrogen-bond acceptors (Lipinski definition) is 6. The van der Waals surface area contributed by atoms with Gasteiger partial charge in [-0.05, 0) is 40.2 Å². The average molecular weight is 408 g/mol. The Morgan fingerprint density at radius 1 is 1.17 bits per heavy atom. The second kappa shape index (κ2) is 7.30. The molecule has 3 aromatic rings. The van der Waals surface area contributed by atoms with E-state index in [2.05, 4.69) is 15.4 Å². The molecule has 1 aromatic heterocycles. The fourth-order valence-corrected chi connectivity index (χ4v) is 3.89. The number of sulfonamides is 1. The third-order valence-corrected chi connectivity index (χ3v) is 5.55. The lowest BCUT2D eigenvalue weighted by Crippen LogP contribution is -2.52. The second-order valence-corrected chi connectivity index (χ2v) is 8.62. The molecule has 0 spiro atoms. The van der Waals surface area contributed by atoms with Crippen LogP contribution in [0.15, 0.2) is 60.0 Å². The lowest BCUT2D eigenvalue weighted by molar-refractivity contribution is -0.115. The number of hydrogen-bond donors (Lipinski definition) is 2. The Morgan fingerprint density at radius 3 is 2.79 bits per heavy atom. The lowest BCUT2D eigenvalue weighted by Gasteiger charge is -2.24. The van der Waals surface area contributed by atoms with Crippen LogP contribution in [-0.4, -0.2) is 48.2 Å². The third-order valence-electron chi connectivity index (χ3n) is 4.58. The number of anilines is 1. The topological polar surface area (TPSA) is 112 Å². The van der Waals surface area contributed by atoms with E-state index < -0.39 is 17.1 Å². The summed E-state index contributed by atoms with van der Waals surface area (Å²) in [4.78, 5) is 16.5. The Morgan fingerprint density at radius 2 is 2.00 bits per heavy atom. The maximum atomic E-state index is 12.5. The zero-order chi connectivity index (χ0) is 20.6. The van der Waals surface area contributed by atoms with Crippen LogP contribution in [-0.2, 0) is 21.2 Å². The molecule has 0 aliphatic carbocycles. The molecule has 1 aliphatic heterocycles. The molecule has 1 aliphatic rings. The van der Waals surface area contributed by atoms with E-state index in [1.54, 1.807) is 36.7 Å². The lowest BCUT2D eigenvalue weighted by atomic mass is 9.71. The van der Waals surface area contributed by atoms with E-state index in [4.69, 9.17) is 0 Å². The van der Waals surface area contributed by atoms with Crippen molar-refractivity contribution in [3.63, 3.8) is 0 Å². The highest BCUT2D eigenvalue weighted by Crippen LogP contribution is 2.18. The maximum Gasteiger partial charge on any atom is 0.484 e. The van der Waals surface area contributed by atoms with Crippen LogP contribution in [0.1, 0.15) is 11.1 Å². The molecule has 2 aromatic carbocycles. The van der Waals surface area contributed by atoms with Crippen molar-refractivity contribution in [2.75, 3.05) is 11.6 Å². The molecule has 1 amide bonds. The van der Waals surface area contributed by atoms with E-state index in [0.29, 0.717) is 26.6 Å². The largest absolute Gasteiger partial charge is 0.484 e. The summed E-state index contributed by atoms with van der Waals surface area (Å²) in [5, 5.41) is 19.0. The van der Waals surface area contributed by atoms with Crippen LogP contribution < -0.4 is 10.8 Å². The molecule has 0 saturated heterocycles. The molecule has 0 fully saturated rings. The van der Waals surface area contributed by atoms with Gasteiger partial charge in [0.25, 0.3) is 0 Å². The number of carbonyl (C=O) groups is 1. The van der Waals surface area contributed by atoms with E-state index in [1.807, 2.05) is 18.2 Å². The van der Waals surface area contributed by atoms with Gasteiger partial charge in [-0.2, -0.15) is 5.10 Å². The van der Waals surface area contributed by atoms with Crippen molar-refractivity contribution in [3.05, 3.63) is 66.0 Å². The van der Waals surface area contributed by atoms with Crippen LogP contribution in [0, 0.1) is 0 Å². The average Bonchev–Trinajstić information content (AvgIpc) is 2.67. The number of hydrazone groups is 1. The van der Waals surface area contributed by atoms with Gasteiger partial charge in [0.05, 0.1) is 18.9 Å². The predicted molar refractivity (Wildman–Crippen MR) is 112 cm³/mol. The van der Waals surface area contributed by atoms with Crippen LogP contribution in [0.4, 0.5) is 5.69 Å². The van der Waals surface area contributed by atoms with Crippen molar-refractivity contribution < 1.29 is 18.2 Å². The first-order valence-electron chi connectivity index (χ1n) is 8.79. The van der Waals surface area contributed by atoms with Gasteiger partial charge in [0.1, 0.15) is 0 Å². The van der Waals surface area contributed by atoms with Gasteiger partial charge in [-0.25, -0.2) is 12.7 Å². The molecular weight excluding hydrogens is 391 g/mol. The van der Waals surface area contributed by atoms with Gasteiger partial charge in [-0.15, -0.1) is 0 Å². The van der Waals surface area contributed by atoms with Gasteiger partial charge >= 0.3 is 7.05 Å². The zero-order valence-electron chi connectivity index (χ0n) is 15.5. The maximum absolute atomic E-state index is 12.5. The van der Waals surface area contributed by atoms with Gasteiger partial charge in [-0.1, -0.05) is 24.3 Å². The monoisotopic (exact) mass is 408 g/mol. The van der Waals surface area contributed by atoms with Crippen molar-refractivity contribution >= 4 is 51.1 Å². The Labute approximate surface area is 168 Å². The summed E-state index contributed by atoms with van der Waals surface area (Å²) >= 11 is 0. The Balaban J connectivity index is 1.52. The number of benzene rings is 2. The normalized spacial score (nSPS) is 13.4. The first kappa shape index (κ1) is 19.1.